The number of nitro groups is 1. The molecule has 0 aliphatic heterocycles. The summed E-state index contributed by atoms with van der Waals surface area (Å²) in [6.07, 6.45) is 0. The normalized spacial score (nSPS) is 11.2. The molecule has 1 heterocycles. The second kappa shape index (κ2) is 6.43. The van der Waals surface area contributed by atoms with Crippen molar-refractivity contribution in [3.63, 3.8) is 0 Å². The summed E-state index contributed by atoms with van der Waals surface area (Å²) in [6.45, 7) is -0.119. The van der Waals surface area contributed by atoms with Gasteiger partial charge in [-0.05, 0) is 17.8 Å². The van der Waals surface area contributed by atoms with E-state index in [2.05, 4.69) is 15.7 Å². The van der Waals surface area contributed by atoms with Gasteiger partial charge in [0, 0.05) is 18.4 Å². The molecule has 0 atom stereocenters. The van der Waals surface area contributed by atoms with Gasteiger partial charge < -0.3 is 10.7 Å². The molecule has 0 unspecified atom stereocenters. The number of anilines is 2. The van der Waals surface area contributed by atoms with Crippen LogP contribution in [-0.2, 0) is 0 Å². The van der Waals surface area contributed by atoms with Crippen LogP contribution in [0.25, 0.3) is 0 Å². The highest BCUT2D eigenvalue weighted by Gasteiger charge is 2.27. The number of hydrogen-bond donors (Lipinski definition) is 3. The molecule has 7 nitrogen and oxygen atoms in total. The van der Waals surface area contributed by atoms with Crippen LogP contribution < -0.4 is 16.6 Å². The Morgan fingerprint density at radius 1 is 1.47 bits per heavy atom. The molecule has 19 heavy (non-hydrogen) atoms. The lowest BCUT2D eigenvalue weighted by molar-refractivity contribution is -0.384. The van der Waals surface area contributed by atoms with Gasteiger partial charge in [0.1, 0.15) is 5.82 Å². The van der Waals surface area contributed by atoms with Crippen LogP contribution in [0.2, 0.25) is 0 Å². The minimum atomic E-state index is -4.33. The first-order chi connectivity index (χ1) is 8.83. The number of hydrazine groups is 1. The van der Waals surface area contributed by atoms with Crippen molar-refractivity contribution >= 4 is 29.1 Å². The molecule has 4 N–H and O–H groups in total. The minimum absolute atomic E-state index is 0.119. The Kier molecular flexibility index (Phi) is 5.18. The molecule has 11 heteroatoms. The average molecular weight is 297 g/mol. The lowest BCUT2D eigenvalue weighted by atomic mass is 10.3. The number of nitrogen functional groups attached to an aromatic ring is 1. The van der Waals surface area contributed by atoms with E-state index < -0.39 is 10.4 Å². The molecular weight excluding hydrogens is 287 g/mol. The zero-order valence-electron chi connectivity index (χ0n) is 9.40. The molecule has 0 radical (unpaired) electrons. The van der Waals surface area contributed by atoms with Gasteiger partial charge in [0.05, 0.1) is 4.92 Å². The van der Waals surface area contributed by atoms with Crippen LogP contribution in [0, 0.1) is 10.1 Å². The summed E-state index contributed by atoms with van der Waals surface area (Å²) in [5, 5.41) is 13.2. The Morgan fingerprint density at radius 3 is 2.68 bits per heavy atom. The summed E-state index contributed by atoms with van der Waals surface area (Å²) in [4.78, 5) is 13.8. The number of nitrogens with one attached hydrogen (secondary N) is 2. The van der Waals surface area contributed by atoms with E-state index in [0.717, 1.165) is 6.07 Å². The molecule has 106 valence electrons. The third kappa shape index (κ3) is 5.18. The zero-order chi connectivity index (χ0) is 14.5. The average Bonchev–Trinajstić information content (AvgIpc) is 2.33. The Bertz CT molecular complexity index is 457. The smallest absolute Gasteiger partial charge is 0.363 e. The van der Waals surface area contributed by atoms with E-state index >= 15 is 0 Å². The first-order valence-electron chi connectivity index (χ1n) is 4.90. The highest BCUT2D eigenvalue weighted by atomic mass is 32.2. The van der Waals surface area contributed by atoms with Crippen molar-refractivity contribution in [3.8, 4) is 0 Å². The van der Waals surface area contributed by atoms with Gasteiger partial charge in [-0.2, -0.15) is 13.2 Å². The van der Waals surface area contributed by atoms with Crippen LogP contribution in [0.3, 0.4) is 0 Å². The lowest BCUT2D eigenvalue weighted by Crippen LogP contribution is -2.14. The number of nitrogens with two attached hydrogens (primary N) is 1. The van der Waals surface area contributed by atoms with Crippen LogP contribution in [-0.4, -0.2) is 27.7 Å². The van der Waals surface area contributed by atoms with E-state index in [-0.39, 0.29) is 41.4 Å². The highest BCUT2D eigenvalue weighted by Crippen LogP contribution is 2.30. The second-order valence-corrected chi connectivity index (χ2v) is 4.35. The van der Waals surface area contributed by atoms with Gasteiger partial charge in [0.15, 0.2) is 0 Å². The molecule has 1 rings (SSSR count). The van der Waals surface area contributed by atoms with Gasteiger partial charge in [-0.25, -0.2) is 10.8 Å². The number of halogens is 3. The van der Waals surface area contributed by atoms with Crippen molar-refractivity contribution < 1.29 is 18.1 Å². The Hall–Kier alpha value is -1.75. The van der Waals surface area contributed by atoms with Crippen molar-refractivity contribution in [2.45, 2.75) is 5.51 Å². The summed E-state index contributed by atoms with van der Waals surface area (Å²) in [5.41, 5.74) is -2.48. The Morgan fingerprint density at radius 2 is 2.16 bits per heavy atom. The molecule has 0 spiro atoms. The van der Waals surface area contributed by atoms with Crippen molar-refractivity contribution in [2.24, 2.45) is 5.84 Å². The molecule has 0 amide bonds. The predicted octanol–water partition coefficient (Wildman–Crippen LogP) is 1.94. The first-order valence-corrected chi connectivity index (χ1v) is 5.88. The van der Waals surface area contributed by atoms with Crippen molar-refractivity contribution in [3.05, 3.63) is 22.2 Å². The molecule has 0 saturated carbocycles. The van der Waals surface area contributed by atoms with Gasteiger partial charge in [0.25, 0.3) is 0 Å². The summed E-state index contributed by atoms with van der Waals surface area (Å²) in [5.74, 6) is 4.83. The molecule has 0 aliphatic rings. The van der Waals surface area contributed by atoms with Gasteiger partial charge in [-0.3, -0.25) is 10.1 Å². The molecule has 1 aromatic rings. The number of alkyl halides is 3. The zero-order valence-corrected chi connectivity index (χ0v) is 10.2. The van der Waals surface area contributed by atoms with E-state index in [1.165, 1.54) is 6.07 Å². The summed E-state index contributed by atoms with van der Waals surface area (Å²) < 4.78 is 35.7. The van der Waals surface area contributed by atoms with Crippen molar-refractivity contribution in [2.75, 3.05) is 23.0 Å². The van der Waals surface area contributed by atoms with Crippen LogP contribution >= 0.6 is 11.8 Å². The first kappa shape index (κ1) is 15.3. The minimum Gasteiger partial charge on any atom is -0.363 e. The summed E-state index contributed by atoms with van der Waals surface area (Å²) >= 11 is -0.223. The van der Waals surface area contributed by atoms with E-state index in [1.807, 2.05) is 0 Å². The standard InChI is InChI=1S/C8H10F3N5O2S/c9-8(10,11)19-4-3-13-7-5(16(17)18)1-2-6(14-7)15-12/h1-2H,3-4,12H2,(H2,13,14,15). The predicted molar refractivity (Wildman–Crippen MR) is 65.7 cm³/mol. The van der Waals surface area contributed by atoms with Gasteiger partial charge in [0.2, 0.25) is 5.82 Å². The molecule has 0 aliphatic carbocycles. The number of hydrogen-bond acceptors (Lipinski definition) is 7. The van der Waals surface area contributed by atoms with E-state index in [4.69, 9.17) is 5.84 Å². The quantitative estimate of drug-likeness (QED) is 0.319. The van der Waals surface area contributed by atoms with E-state index in [9.17, 15) is 23.3 Å². The number of nitrogens with zero attached hydrogens (tertiary/aromatic N) is 2. The monoisotopic (exact) mass is 297 g/mol. The SMILES string of the molecule is NNc1ccc([N+](=O)[O-])c(NCCSC(F)(F)F)n1. The molecule has 0 aromatic carbocycles. The molecule has 0 bridgehead atoms. The third-order valence-corrected chi connectivity index (χ3v) is 2.61. The topological polar surface area (TPSA) is 106 Å². The van der Waals surface area contributed by atoms with Gasteiger partial charge in [-0.1, -0.05) is 0 Å². The largest absolute Gasteiger partial charge is 0.441 e. The van der Waals surface area contributed by atoms with Crippen molar-refractivity contribution in [1.82, 2.24) is 4.98 Å². The fraction of sp³-hybridized carbons (Fsp3) is 0.375. The van der Waals surface area contributed by atoms with E-state index in [0.29, 0.717) is 0 Å². The summed E-state index contributed by atoms with van der Waals surface area (Å²) in [7, 11) is 0. The van der Waals surface area contributed by atoms with Crippen LogP contribution in [0.5, 0.6) is 0 Å². The Balaban J connectivity index is 2.67. The van der Waals surface area contributed by atoms with E-state index in [1.54, 1.807) is 0 Å². The fourth-order valence-corrected chi connectivity index (χ4v) is 1.58. The maximum atomic E-state index is 11.9. The number of aromatic nitrogens is 1. The van der Waals surface area contributed by atoms with Crippen LogP contribution in [0.1, 0.15) is 0 Å². The Labute approximate surface area is 109 Å². The fourth-order valence-electron chi connectivity index (χ4n) is 1.15. The molecule has 0 saturated heterocycles. The number of rotatable bonds is 6. The van der Waals surface area contributed by atoms with Crippen molar-refractivity contribution in [1.29, 1.82) is 0 Å². The van der Waals surface area contributed by atoms with Gasteiger partial charge >= 0.3 is 11.2 Å². The molecule has 0 fully saturated rings. The molecule has 1 aromatic heterocycles. The lowest BCUT2D eigenvalue weighted by Gasteiger charge is -2.08. The highest BCUT2D eigenvalue weighted by molar-refractivity contribution is 8.00. The maximum absolute atomic E-state index is 11.9. The second-order valence-electron chi connectivity index (χ2n) is 3.19. The van der Waals surface area contributed by atoms with Crippen LogP contribution in [0.15, 0.2) is 12.1 Å². The maximum Gasteiger partial charge on any atom is 0.441 e. The third-order valence-electron chi connectivity index (χ3n) is 1.88. The summed E-state index contributed by atoms with van der Waals surface area (Å²) in [6, 6.07) is 2.44. The van der Waals surface area contributed by atoms with Crippen LogP contribution in [0.4, 0.5) is 30.5 Å². The number of pyridine rings is 1. The number of thioether (sulfide) groups is 1. The van der Waals surface area contributed by atoms with Gasteiger partial charge in [-0.15, -0.1) is 0 Å². The molecular formula is C8H10F3N5O2S.